The first-order valence-corrected chi connectivity index (χ1v) is 8.34. The zero-order valence-corrected chi connectivity index (χ0v) is 14.7. The summed E-state index contributed by atoms with van der Waals surface area (Å²) < 4.78 is 0. The summed E-state index contributed by atoms with van der Waals surface area (Å²) in [5.41, 5.74) is 3.35. The van der Waals surface area contributed by atoms with Crippen molar-refractivity contribution in [2.75, 3.05) is 5.32 Å². The van der Waals surface area contributed by atoms with Crippen LogP contribution in [0.15, 0.2) is 66.7 Å². The molecule has 3 aromatic carbocycles. The lowest BCUT2D eigenvalue weighted by Gasteiger charge is -2.12. The fraction of sp³-hybridized carbons (Fsp3) is 0.0476. The number of carbonyl (C=O) groups excluding carboxylic acids is 1. The van der Waals surface area contributed by atoms with Gasteiger partial charge in [0.1, 0.15) is 0 Å². The smallest absolute Gasteiger partial charge is 0.337 e. The van der Waals surface area contributed by atoms with E-state index in [0.717, 1.165) is 16.7 Å². The maximum atomic E-state index is 12.7. The quantitative estimate of drug-likeness (QED) is 0.662. The molecule has 3 aromatic rings. The summed E-state index contributed by atoms with van der Waals surface area (Å²) in [7, 11) is 0. The van der Waals surface area contributed by atoms with Crippen LogP contribution < -0.4 is 5.32 Å². The SMILES string of the molecule is Cc1ccc(-c2ccccc2)cc1C(=O)Nc1ccc(Cl)cc1C(=O)O. The minimum absolute atomic E-state index is 0.0530. The molecule has 5 heteroatoms. The van der Waals surface area contributed by atoms with Crippen LogP contribution in [0.4, 0.5) is 5.69 Å². The molecule has 0 unspecified atom stereocenters. The third kappa shape index (κ3) is 3.76. The Kier molecular flexibility index (Phi) is 5.05. The minimum Gasteiger partial charge on any atom is -0.478 e. The monoisotopic (exact) mass is 365 g/mol. The molecule has 4 nitrogen and oxygen atoms in total. The fourth-order valence-corrected chi connectivity index (χ4v) is 2.84. The summed E-state index contributed by atoms with van der Waals surface area (Å²) >= 11 is 5.85. The molecule has 0 aliphatic rings. The highest BCUT2D eigenvalue weighted by Gasteiger charge is 2.16. The maximum Gasteiger partial charge on any atom is 0.337 e. The number of aromatic carboxylic acids is 1. The summed E-state index contributed by atoms with van der Waals surface area (Å²) in [6.07, 6.45) is 0. The van der Waals surface area contributed by atoms with E-state index in [2.05, 4.69) is 5.32 Å². The summed E-state index contributed by atoms with van der Waals surface area (Å²) in [6.45, 7) is 1.84. The van der Waals surface area contributed by atoms with Gasteiger partial charge in [0, 0.05) is 10.6 Å². The summed E-state index contributed by atoms with van der Waals surface area (Å²) in [5.74, 6) is -1.53. The largest absolute Gasteiger partial charge is 0.478 e. The summed E-state index contributed by atoms with van der Waals surface area (Å²) in [4.78, 5) is 24.1. The summed E-state index contributed by atoms with van der Waals surface area (Å²) in [5, 5.41) is 12.3. The van der Waals surface area contributed by atoms with Crippen molar-refractivity contribution >= 4 is 29.2 Å². The van der Waals surface area contributed by atoms with Crippen LogP contribution in [-0.4, -0.2) is 17.0 Å². The van der Waals surface area contributed by atoms with Gasteiger partial charge in [0.05, 0.1) is 11.3 Å². The van der Waals surface area contributed by atoms with Crippen molar-refractivity contribution in [2.45, 2.75) is 6.92 Å². The Bertz CT molecular complexity index is 984. The lowest BCUT2D eigenvalue weighted by Crippen LogP contribution is -2.16. The number of carbonyl (C=O) groups is 2. The van der Waals surface area contributed by atoms with Gasteiger partial charge in [-0.25, -0.2) is 4.79 Å². The molecule has 26 heavy (non-hydrogen) atoms. The first-order valence-electron chi connectivity index (χ1n) is 7.96. The molecule has 2 N–H and O–H groups in total. The summed E-state index contributed by atoms with van der Waals surface area (Å²) in [6, 6.07) is 19.7. The van der Waals surface area contributed by atoms with Gasteiger partial charge in [-0.2, -0.15) is 0 Å². The average Bonchev–Trinajstić information content (AvgIpc) is 2.64. The van der Waals surface area contributed by atoms with Gasteiger partial charge >= 0.3 is 5.97 Å². The Morgan fingerprint density at radius 3 is 2.31 bits per heavy atom. The second kappa shape index (κ2) is 7.42. The number of anilines is 1. The highest BCUT2D eigenvalue weighted by molar-refractivity contribution is 6.31. The number of benzene rings is 3. The highest BCUT2D eigenvalue weighted by atomic mass is 35.5. The number of carboxylic acids is 1. The normalized spacial score (nSPS) is 10.4. The van der Waals surface area contributed by atoms with Crippen molar-refractivity contribution in [3.8, 4) is 11.1 Å². The number of hydrogen-bond donors (Lipinski definition) is 2. The molecule has 0 aliphatic carbocycles. The molecule has 0 radical (unpaired) electrons. The number of aryl methyl sites for hydroxylation is 1. The maximum absolute atomic E-state index is 12.7. The van der Waals surface area contributed by atoms with Gasteiger partial charge in [-0.05, 0) is 47.9 Å². The van der Waals surface area contributed by atoms with Gasteiger partial charge < -0.3 is 10.4 Å². The van der Waals surface area contributed by atoms with Gasteiger partial charge in [-0.1, -0.05) is 54.1 Å². The van der Waals surface area contributed by atoms with Crippen LogP contribution in [0.3, 0.4) is 0 Å². The van der Waals surface area contributed by atoms with Crippen molar-refractivity contribution < 1.29 is 14.7 Å². The van der Waals surface area contributed by atoms with E-state index < -0.39 is 5.97 Å². The molecule has 0 saturated heterocycles. The standard InChI is InChI=1S/C21H16ClNO3/c1-13-7-8-15(14-5-3-2-4-6-14)11-17(13)20(24)23-19-10-9-16(22)12-18(19)21(25)26/h2-12H,1H3,(H,23,24)(H,25,26). The van der Waals surface area contributed by atoms with E-state index in [1.165, 1.54) is 18.2 Å². The van der Waals surface area contributed by atoms with Crippen LogP contribution in [0.5, 0.6) is 0 Å². The van der Waals surface area contributed by atoms with Gasteiger partial charge in [0.25, 0.3) is 5.91 Å². The first kappa shape index (κ1) is 17.7. The molecule has 0 fully saturated rings. The molecule has 1 amide bonds. The predicted octanol–water partition coefficient (Wildman–Crippen LogP) is 5.27. The van der Waals surface area contributed by atoms with E-state index in [9.17, 15) is 14.7 Å². The second-order valence-electron chi connectivity index (χ2n) is 5.84. The average molecular weight is 366 g/mol. The van der Waals surface area contributed by atoms with Crippen LogP contribution in [-0.2, 0) is 0 Å². The van der Waals surface area contributed by atoms with E-state index in [1.54, 1.807) is 6.07 Å². The highest BCUT2D eigenvalue weighted by Crippen LogP contribution is 2.25. The van der Waals surface area contributed by atoms with Gasteiger partial charge in [0.15, 0.2) is 0 Å². The molecule has 0 aromatic heterocycles. The van der Waals surface area contributed by atoms with Crippen LogP contribution in [0.2, 0.25) is 5.02 Å². The molecule has 0 atom stereocenters. The molecular formula is C21H16ClNO3. The second-order valence-corrected chi connectivity index (χ2v) is 6.28. The molecule has 0 bridgehead atoms. The van der Waals surface area contributed by atoms with Crippen LogP contribution in [0, 0.1) is 6.92 Å². The zero-order valence-electron chi connectivity index (χ0n) is 14.0. The Morgan fingerprint density at radius 2 is 1.62 bits per heavy atom. The number of halogens is 1. The lowest BCUT2D eigenvalue weighted by atomic mass is 9.99. The van der Waals surface area contributed by atoms with Crippen molar-refractivity contribution in [1.82, 2.24) is 0 Å². The Labute approximate surface area is 156 Å². The number of hydrogen-bond acceptors (Lipinski definition) is 2. The molecule has 0 aliphatic heterocycles. The van der Waals surface area contributed by atoms with E-state index in [0.29, 0.717) is 10.6 Å². The van der Waals surface area contributed by atoms with Crippen molar-refractivity contribution in [3.05, 3.63) is 88.4 Å². The molecule has 130 valence electrons. The van der Waals surface area contributed by atoms with Crippen molar-refractivity contribution in [3.63, 3.8) is 0 Å². The molecule has 0 saturated carbocycles. The van der Waals surface area contributed by atoms with Gasteiger partial charge in [0.2, 0.25) is 0 Å². The van der Waals surface area contributed by atoms with Crippen LogP contribution in [0.25, 0.3) is 11.1 Å². The number of nitrogens with one attached hydrogen (secondary N) is 1. The molecule has 0 spiro atoms. The van der Waals surface area contributed by atoms with E-state index in [4.69, 9.17) is 11.6 Å². The molecular weight excluding hydrogens is 350 g/mol. The number of carboxylic acid groups (broad SMARTS) is 1. The van der Waals surface area contributed by atoms with Crippen LogP contribution >= 0.6 is 11.6 Å². The minimum atomic E-state index is -1.16. The molecule has 0 heterocycles. The molecule has 3 rings (SSSR count). The fourth-order valence-electron chi connectivity index (χ4n) is 2.67. The topological polar surface area (TPSA) is 66.4 Å². The lowest BCUT2D eigenvalue weighted by molar-refractivity contribution is 0.0698. The number of rotatable bonds is 4. The Morgan fingerprint density at radius 1 is 0.885 bits per heavy atom. The van der Waals surface area contributed by atoms with E-state index in [-0.39, 0.29) is 17.2 Å². The third-order valence-corrected chi connectivity index (χ3v) is 4.28. The predicted molar refractivity (Wildman–Crippen MR) is 103 cm³/mol. The van der Waals surface area contributed by atoms with Gasteiger partial charge in [-0.3, -0.25) is 4.79 Å². The van der Waals surface area contributed by atoms with Crippen molar-refractivity contribution in [1.29, 1.82) is 0 Å². The zero-order chi connectivity index (χ0) is 18.7. The van der Waals surface area contributed by atoms with E-state index >= 15 is 0 Å². The van der Waals surface area contributed by atoms with Gasteiger partial charge in [-0.15, -0.1) is 0 Å². The Hall–Kier alpha value is -3.11. The number of amides is 1. The van der Waals surface area contributed by atoms with E-state index in [1.807, 2.05) is 49.4 Å². The van der Waals surface area contributed by atoms with Crippen molar-refractivity contribution in [2.24, 2.45) is 0 Å². The van der Waals surface area contributed by atoms with Crippen LogP contribution in [0.1, 0.15) is 26.3 Å². The first-order chi connectivity index (χ1) is 12.5. The Balaban J connectivity index is 1.95. The third-order valence-electron chi connectivity index (χ3n) is 4.05.